The molecule has 1 aromatic carbocycles. The molecule has 8 heteroatoms. The van der Waals surface area contributed by atoms with Crippen LogP contribution < -0.4 is 4.83 Å². The van der Waals surface area contributed by atoms with Crippen molar-refractivity contribution >= 4 is 54.6 Å². The molecule has 0 bridgehead atoms. The van der Waals surface area contributed by atoms with Gasteiger partial charge < -0.3 is 0 Å². The first kappa shape index (κ1) is 15.5. The van der Waals surface area contributed by atoms with Crippen LogP contribution in [-0.4, -0.2) is 14.1 Å². The van der Waals surface area contributed by atoms with E-state index in [-0.39, 0.29) is 4.90 Å². The van der Waals surface area contributed by atoms with Crippen LogP contribution in [0.4, 0.5) is 0 Å². The summed E-state index contributed by atoms with van der Waals surface area (Å²) < 4.78 is 25.5. The quantitative estimate of drug-likeness (QED) is 0.633. The average Bonchev–Trinajstić information content (AvgIpc) is 2.83. The Labute approximate surface area is 134 Å². The van der Waals surface area contributed by atoms with Crippen molar-refractivity contribution in [1.29, 1.82) is 0 Å². The Morgan fingerprint density at radius 1 is 1.25 bits per heavy atom. The van der Waals surface area contributed by atoms with E-state index in [1.165, 1.54) is 23.5 Å². The van der Waals surface area contributed by atoms with Crippen LogP contribution in [0.25, 0.3) is 0 Å². The maximum Gasteiger partial charge on any atom is 0.276 e. The standard InChI is InChI=1S/C12H10BrClN2O2S2/c1-8(11-6-7-12(14)19-11)15-16-20(17,18)10-4-2-9(13)3-5-10/h2-7,16H,1H3/b15-8+. The summed E-state index contributed by atoms with van der Waals surface area (Å²) in [5, 5.41) is 3.90. The van der Waals surface area contributed by atoms with Gasteiger partial charge in [0, 0.05) is 4.47 Å². The SMILES string of the molecule is C/C(=N\NS(=O)(=O)c1ccc(Br)cc1)c1ccc(Cl)s1. The van der Waals surface area contributed by atoms with Crippen molar-refractivity contribution in [3.05, 3.63) is 50.1 Å². The van der Waals surface area contributed by atoms with Gasteiger partial charge in [-0.15, -0.1) is 11.3 Å². The van der Waals surface area contributed by atoms with Crippen molar-refractivity contribution in [2.45, 2.75) is 11.8 Å². The molecule has 2 aromatic rings. The van der Waals surface area contributed by atoms with Gasteiger partial charge in [-0.25, -0.2) is 0 Å². The molecule has 20 heavy (non-hydrogen) atoms. The van der Waals surface area contributed by atoms with Crippen LogP contribution in [0, 0.1) is 0 Å². The Hall–Kier alpha value is -0.890. The van der Waals surface area contributed by atoms with E-state index in [1.54, 1.807) is 31.2 Å². The summed E-state index contributed by atoms with van der Waals surface area (Å²) in [4.78, 5) is 3.18. The van der Waals surface area contributed by atoms with Crippen molar-refractivity contribution in [3.63, 3.8) is 0 Å². The second kappa shape index (κ2) is 6.26. The molecule has 2 rings (SSSR count). The van der Waals surface area contributed by atoms with Crippen LogP contribution in [0.15, 0.2) is 50.9 Å². The number of rotatable bonds is 4. The summed E-state index contributed by atoms with van der Waals surface area (Å²) in [6.45, 7) is 1.71. The van der Waals surface area contributed by atoms with Gasteiger partial charge in [-0.1, -0.05) is 27.5 Å². The van der Waals surface area contributed by atoms with Gasteiger partial charge >= 0.3 is 0 Å². The Morgan fingerprint density at radius 2 is 1.90 bits per heavy atom. The maximum atomic E-state index is 12.0. The third-order valence-electron chi connectivity index (χ3n) is 2.39. The molecule has 0 spiro atoms. The zero-order valence-corrected chi connectivity index (χ0v) is 14.3. The van der Waals surface area contributed by atoms with E-state index in [9.17, 15) is 8.42 Å². The molecule has 0 amide bonds. The van der Waals surface area contributed by atoms with E-state index in [2.05, 4.69) is 25.9 Å². The van der Waals surface area contributed by atoms with Crippen LogP contribution in [0.3, 0.4) is 0 Å². The summed E-state index contributed by atoms with van der Waals surface area (Å²) in [5.74, 6) is 0. The molecule has 106 valence electrons. The number of thiophene rings is 1. The Kier molecular flexibility index (Phi) is 4.85. The molecule has 1 heterocycles. The van der Waals surface area contributed by atoms with Gasteiger partial charge in [-0.3, -0.25) is 0 Å². The minimum absolute atomic E-state index is 0.154. The Balaban J connectivity index is 2.18. The van der Waals surface area contributed by atoms with E-state index in [1.807, 2.05) is 0 Å². The molecule has 0 saturated carbocycles. The van der Waals surface area contributed by atoms with Gasteiger partial charge in [0.05, 0.1) is 19.8 Å². The minimum atomic E-state index is -3.66. The molecule has 0 aliphatic heterocycles. The van der Waals surface area contributed by atoms with Crippen molar-refractivity contribution in [2.75, 3.05) is 0 Å². The van der Waals surface area contributed by atoms with Gasteiger partial charge in [-0.2, -0.15) is 18.4 Å². The van der Waals surface area contributed by atoms with E-state index < -0.39 is 10.0 Å². The first-order chi connectivity index (χ1) is 9.38. The molecule has 0 saturated heterocycles. The molecule has 0 aliphatic carbocycles. The molecule has 0 atom stereocenters. The van der Waals surface area contributed by atoms with Gasteiger partial charge in [0.2, 0.25) is 0 Å². The maximum absolute atomic E-state index is 12.0. The fraction of sp³-hybridized carbons (Fsp3) is 0.0833. The van der Waals surface area contributed by atoms with Crippen LogP contribution in [0.1, 0.15) is 11.8 Å². The lowest BCUT2D eigenvalue weighted by Crippen LogP contribution is -2.19. The van der Waals surface area contributed by atoms with Crippen molar-refractivity contribution in [1.82, 2.24) is 4.83 Å². The molecule has 0 unspecified atom stereocenters. The molecular formula is C12H10BrClN2O2S2. The minimum Gasteiger partial charge on any atom is -0.200 e. The third-order valence-corrected chi connectivity index (χ3v) is 5.48. The van der Waals surface area contributed by atoms with Crippen molar-refractivity contribution < 1.29 is 8.42 Å². The fourth-order valence-corrected chi connectivity index (χ4v) is 3.47. The largest absolute Gasteiger partial charge is 0.276 e. The summed E-state index contributed by atoms with van der Waals surface area (Å²) in [5.41, 5.74) is 0.558. The van der Waals surface area contributed by atoms with E-state index >= 15 is 0 Å². The highest BCUT2D eigenvalue weighted by molar-refractivity contribution is 9.10. The normalized spacial score (nSPS) is 12.4. The lowest BCUT2D eigenvalue weighted by Gasteiger charge is -2.04. The topological polar surface area (TPSA) is 58.5 Å². The highest BCUT2D eigenvalue weighted by atomic mass is 79.9. The zero-order chi connectivity index (χ0) is 14.8. The second-order valence-corrected chi connectivity index (χ2v) is 8.14. The Morgan fingerprint density at radius 3 is 2.45 bits per heavy atom. The predicted molar refractivity (Wildman–Crippen MR) is 86.0 cm³/mol. The summed E-state index contributed by atoms with van der Waals surface area (Å²) in [7, 11) is -3.66. The Bertz CT molecular complexity index is 739. The third kappa shape index (κ3) is 3.82. The molecule has 0 aliphatic rings. The van der Waals surface area contributed by atoms with Crippen LogP contribution in [-0.2, 0) is 10.0 Å². The number of hydrogen-bond donors (Lipinski definition) is 1. The number of benzene rings is 1. The average molecular weight is 394 g/mol. The van der Waals surface area contributed by atoms with Gasteiger partial charge in [0.25, 0.3) is 10.0 Å². The van der Waals surface area contributed by atoms with Gasteiger partial charge in [0.15, 0.2) is 0 Å². The van der Waals surface area contributed by atoms with Crippen molar-refractivity contribution in [3.8, 4) is 0 Å². The number of hydrazone groups is 1. The van der Waals surface area contributed by atoms with E-state index in [0.717, 1.165) is 9.35 Å². The number of sulfonamides is 1. The highest BCUT2D eigenvalue weighted by Crippen LogP contribution is 2.22. The van der Waals surface area contributed by atoms with Crippen LogP contribution >= 0.6 is 38.9 Å². The highest BCUT2D eigenvalue weighted by Gasteiger charge is 2.13. The number of nitrogens with zero attached hydrogens (tertiary/aromatic N) is 1. The lowest BCUT2D eigenvalue weighted by molar-refractivity contribution is 0.584. The molecule has 0 fully saturated rings. The number of nitrogens with one attached hydrogen (secondary N) is 1. The number of halogens is 2. The summed E-state index contributed by atoms with van der Waals surface area (Å²) in [6.07, 6.45) is 0. The van der Waals surface area contributed by atoms with E-state index in [4.69, 9.17) is 11.6 Å². The number of hydrogen-bond acceptors (Lipinski definition) is 4. The molecular weight excluding hydrogens is 384 g/mol. The second-order valence-electron chi connectivity index (χ2n) is 3.85. The first-order valence-electron chi connectivity index (χ1n) is 5.46. The molecule has 1 aromatic heterocycles. The fourth-order valence-electron chi connectivity index (χ4n) is 1.36. The van der Waals surface area contributed by atoms with Gasteiger partial charge in [-0.05, 0) is 43.3 Å². The van der Waals surface area contributed by atoms with Crippen LogP contribution in [0.5, 0.6) is 0 Å². The summed E-state index contributed by atoms with van der Waals surface area (Å²) >= 11 is 10.4. The monoisotopic (exact) mass is 392 g/mol. The van der Waals surface area contributed by atoms with Crippen molar-refractivity contribution in [2.24, 2.45) is 5.10 Å². The zero-order valence-electron chi connectivity index (χ0n) is 10.3. The predicted octanol–water partition coefficient (Wildman–Crippen LogP) is 3.87. The molecule has 0 radical (unpaired) electrons. The molecule has 1 N–H and O–H groups in total. The lowest BCUT2D eigenvalue weighted by atomic mass is 10.3. The van der Waals surface area contributed by atoms with Crippen LogP contribution in [0.2, 0.25) is 4.34 Å². The summed E-state index contributed by atoms with van der Waals surface area (Å²) in [6, 6.07) is 9.84. The smallest absolute Gasteiger partial charge is 0.200 e. The first-order valence-corrected chi connectivity index (χ1v) is 8.93. The molecule has 4 nitrogen and oxygen atoms in total. The van der Waals surface area contributed by atoms with E-state index in [0.29, 0.717) is 10.0 Å². The van der Waals surface area contributed by atoms with Gasteiger partial charge in [0.1, 0.15) is 0 Å².